The molecule has 3 heterocycles. The normalized spacial score (nSPS) is 13.3. The lowest BCUT2D eigenvalue weighted by Crippen LogP contribution is -2.35. The summed E-state index contributed by atoms with van der Waals surface area (Å²) in [7, 11) is 0. The monoisotopic (exact) mass is 361 g/mol. The molecule has 0 saturated heterocycles. The van der Waals surface area contributed by atoms with E-state index < -0.39 is 0 Å². The Morgan fingerprint density at radius 2 is 1.96 bits per heavy atom. The summed E-state index contributed by atoms with van der Waals surface area (Å²) in [5.74, 6) is 0.580. The van der Waals surface area contributed by atoms with Crippen molar-refractivity contribution >= 4 is 5.91 Å². The van der Waals surface area contributed by atoms with Crippen LogP contribution in [0.3, 0.4) is 0 Å². The van der Waals surface area contributed by atoms with Crippen LogP contribution in [-0.2, 0) is 13.0 Å². The van der Waals surface area contributed by atoms with Crippen molar-refractivity contribution in [2.24, 2.45) is 0 Å². The zero-order valence-electron chi connectivity index (χ0n) is 15.5. The molecular formula is C21H23N5O. The molecule has 1 N–H and O–H groups in total. The van der Waals surface area contributed by atoms with Crippen LogP contribution >= 0.6 is 0 Å². The Kier molecular flexibility index (Phi) is 4.96. The number of amides is 1. The molecule has 2 aromatic heterocycles. The maximum absolute atomic E-state index is 11.9. The maximum atomic E-state index is 11.9. The van der Waals surface area contributed by atoms with Crippen LogP contribution in [-0.4, -0.2) is 32.2 Å². The van der Waals surface area contributed by atoms with Crippen LogP contribution in [0.4, 0.5) is 0 Å². The van der Waals surface area contributed by atoms with E-state index in [1.165, 1.54) is 24.8 Å². The molecule has 0 fully saturated rings. The summed E-state index contributed by atoms with van der Waals surface area (Å²) in [6, 6.07) is 12.1. The van der Waals surface area contributed by atoms with Crippen LogP contribution < -0.4 is 5.32 Å². The van der Waals surface area contributed by atoms with Crippen LogP contribution in [0.1, 0.15) is 42.2 Å². The van der Waals surface area contributed by atoms with Gasteiger partial charge in [-0.15, -0.1) is 0 Å². The molecule has 27 heavy (non-hydrogen) atoms. The molecule has 0 radical (unpaired) electrons. The second-order valence-electron chi connectivity index (χ2n) is 6.81. The van der Waals surface area contributed by atoms with Crippen molar-refractivity contribution < 1.29 is 4.79 Å². The molecule has 138 valence electrons. The highest BCUT2D eigenvalue weighted by molar-refractivity contribution is 5.94. The first-order valence-corrected chi connectivity index (χ1v) is 9.53. The molecule has 0 atom stereocenters. The number of rotatable bonds is 6. The zero-order chi connectivity index (χ0) is 18.6. The van der Waals surface area contributed by atoms with Crippen LogP contribution in [0, 0.1) is 0 Å². The van der Waals surface area contributed by atoms with Crippen molar-refractivity contribution in [3.63, 3.8) is 0 Å². The predicted molar refractivity (Wildman–Crippen MR) is 104 cm³/mol. The maximum Gasteiger partial charge on any atom is 0.269 e. The smallest absolute Gasteiger partial charge is 0.269 e. The average molecular weight is 361 g/mol. The first-order chi connectivity index (χ1) is 13.2. The van der Waals surface area contributed by atoms with E-state index in [4.69, 9.17) is 0 Å². The van der Waals surface area contributed by atoms with Gasteiger partial charge in [0.05, 0.1) is 12.2 Å². The summed E-state index contributed by atoms with van der Waals surface area (Å²) in [4.78, 5) is 21.0. The quantitative estimate of drug-likeness (QED) is 0.682. The van der Waals surface area contributed by atoms with Gasteiger partial charge in [0.15, 0.2) is 5.82 Å². The number of hydrogen-bond donors (Lipinski definition) is 1. The molecule has 1 aromatic carbocycles. The van der Waals surface area contributed by atoms with Crippen LogP contribution in [0.5, 0.6) is 0 Å². The average Bonchev–Trinajstić information content (AvgIpc) is 3.15. The molecule has 0 spiro atoms. The highest BCUT2D eigenvalue weighted by atomic mass is 16.2. The summed E-state index contributed by atoms with van der Waals surface area (Å²) < 4.78 is 1.74. The van der Waals surface area contributed by atoms with Crippen LogP contribution in [0.2, 0.25) is 0 Å². The molecule has 1 aliphatic heterocycles. The molecule has 0 unspecified atom stereocenters. The first-order valence-electron chi connectivity index (χ1n) is 9.53. The third kappa shape index (κ3) is 3.74. The predicted octanol–water partition coefficient (Wildman–Crippen LogP) is 3.48. The third-order valence-corrected chi connectivity index (χ3v) is 4.82. The van der Waals surface area contributed by atoms with Gasteiger partial charge in [-0.05, 0) is 30.5 Å². The van der Waals surface area contributed by atoms with Gasteiger partial charge in [0, 0.05) is 18.3 Å². The van der Waals surface area contributed by atoms with Gasteiger partial charge in [0.2, 0.25) is 0 Å². The van der Waals surface area contributed by atoms with Gasteiger partial charge >= 0.3 is 0 Å². The number of fused-ring (bicyclic) bond motifs is 1. The fourth-order valence-electron chi connectivity index (χ4n) is 3.30. The number of benzene rings is 1. The standard InChI is InChI=1S/C21H23N5O/c1-2-3-4-5-15-6-8-16(9-7-15)20-22-11-10-17(24-20)18-14-19-21(27)23-12-13-26(19)25-18/h6-11,14H,2-5,12-13H2,1H3,(H,23,27). The van der Waals surface area contributed by atoms with E-state index in [0.717, 1.165) is 17.7 Å². The van der Waals surface area contributed by atoms with Crippen molar-refractivity contribution in [3.05, 3.63) is 53.9 Å². The molecule has 6 nitrogen and oxygen atoms in total. The first kappa shape index (κ1) is 17.4. The summed E-state index contributed by atoms with van der Waals surface area (Å²) in [5.41, 5.74) is 4.32. The van der Waals surface area contributed by atoms with E-state index in [1.54, 1.807) is 16.9 Å². The van der Waals surface area contributed by atoms with Crippen molar-refractivity contribution in [1.82, 2.24) is 25.1 Å². The number of nitrogens with zero attached hydrogens (tertiary/aromatic N) is 4. The molecule has 1 amide bonds. The highest BCUT2D eigenvalue weighted by Crippen LogP contribution is 2.22. The number of aryl methyl sites for hydroxylation is 1. The number of unbranched alkanes of at least 4 members (excludes halogenated alkanes) is 2. The Morgan fingerprint density at radius 3 is 2.74 bits per heavy atom. The number of hydrogen-bond acceptors (Lipinski definition) is 4. The lowest BCUT2D eigenvalue weighted by molar-refractivity contribution is 0.0924. The second kappa shape index (κ2) is 7.70. The molecule has 6 heteroatoms. The number of nitrogens with one attached hydrogen (secondary N) is 1. The molecular weight excluding hydrogens is 338 g/mol. The van der Waals surface area contributed by atoms with Gasteiger partial charge in [-0.25, -0.2) is 9.97 Å². The zero-order valence-corrected chi connectivity index (χ0v) is 15.5. The van der Waals surface area contributed by atoms with Gasteiger partial charge in [0.25, 0.3) is 5.91 Å². The van der Waals surface area contributed by atoms with E-state index in [2.05, 4.69) is 51.6 Å². The van der Waals surface area contributed by atoms with Crippen LogP contribution in [0.25, 0.3) is 22.8 Å². The second-order valence-corrected chi connectivity index (χ2v) is 6.81. The van der Waals surface area contributed by atoms with Crippen LogP contribution in [0.15, 0.2) is 42.6 Å². The molecule has 0 bridgehead atoms. The number of aromatic nitrogens is 4. The van der Waals surface area contributed by atoms with Gasteiger partial charge in [-0.1, -0.05) is 44.0 Å². The lowest BCUT2D eigenvalue weighted by atomic mass is 10.1. The summed E-state index contributed by atoms with van der Waals surface area (Å²) in [6.45, 7) is 3.50. The van der Waals surface area contributed by atoms with Gasteiger partial charge in [-0.3, -0.25) is 9.48 Å². The molecule has 3 aromatic rings. The minimum atomic E-state index is -0.0899. The Balaban J connectivity index is 1.57. The van der Waals surface area contributed by atoms with Crippen molar-refractivity contribution in [1.29, 1.82) is 0 Å². The lowest BCUT2D eigenvalue weighted by Gasteiger charge is -2.13. The molecule has 1 aliphatic rings. The Bertz CT molecular complexity index is 945. The molecule has 0 saturated carbocycles. The molecule has 4 rings (SSSR count). The van der Waals surface area contributed by atoms with Gasteiger partial charge in [-0.2, -0.15) is 5.10 Å². The molecule has 0 aliphatic carbocycles. The van der Waals surface area contributed by atoms with Gasteiger partial charge in [0.1, 0.15) is 11.4 Å². The largest absolute Gasteiger partial charge is 0.349 e. The fourth-order valence-corrected chi connectivity index (χ4v) is 3.30. The van der Waals surface area contributed by atoms with E-state index in [1.807, 2.05) is 6.07 Å². The Hall–Kier alpha value is -3.02. The summed E-state index contributed by atoms with van der Waals surface area (Å²) in [5, 5.41) is 7.36. The Morgan fingerprint density at radius 1 is 1.11 bits per heavy atom. The highest BCUT2D eigenvalue weighted by Gasteiger charge is 2.20. The van der Waals surface area contributed by atoms with E-state index >= 15 is 0 Å². The third-order valence-electron chi connectivity index (χ3n) is 4.82. The van der Waals surface area contributed by atoms with Gasteiger partial charge < -0.3 is 5.32 Å². The topological polar surface area (TPSA) is 72.7 Å². The minimum Gasteiger partial charge on any atom is -0.349 e. The SMILES string of the molecule is CCCCCc1ccc(-c2nccc(-c3cc4n(n3)CCNC4=O)n2)cc1. The van der Waals surface area contributed by atoms with Crippen molar-refractivity contribution in [2.45, 2.75) is 39.2 Å². The van der Waals surface area contributed by atoms with E-state index in [9.17, 15) is 4.79 Å². The van der Waals surface area contributed by atoms with E-state index in [-0.39, 0.29) is 5.91 Å². The fraction of sp³-hybridized carbons (Fsp3) is 0.333. The summed E-state index contributed by atoms with van der Waals surface area (Å²) in [6.07, 6.45) is 6.57. The van der Waals surface area contributed by atoms with Crippen molar-refractivity contribution in [2.75, 3.05) is 6.54 Å². The number of carbonyl (C=O) groups is 1. The number of carbonyl (C=O) groups excluding carboxylic acids is 1. The van der Waals surface area contributed by atoms with Crippen molar-refractivity contribution in [3.8, 4) is 22.8 Å². The Labute approximate surface area is 158 Å². The summed E-state index contributed by atoms with van der Waals surface area (Å²) >= 11 is 0. The minimum absolute atomic E-state index is 0.0899. The van der Waals surface area contributed by atoms with E-state index in [0.29, 0.717) is 30.3 Å².